The summed E-state index contributed by atoms with van der Waals surface area (Å²) < 4.78 is 1.04. The molecule has 0 saturated carbocycles. The van der Waals surface area contributed by atoms with E-state index in [9.17, 15) is 4.79 Å². The molecule has 3 nitrogen and oxygen atoms in total. The fourth-order valence-corrected chi connectivity index (χ4v) is 1.85. The van der Waals surface area contributed by atoms with Crippen molar-refractivity contribution in [2.45, 2.75) is 45.2 Å². The first kappa shape index (κ1) is 15.2. The standard InChI is InChI=1S/C14H21BrN2O/c1-10(11-4-6-12(15)7-5-11)17-13(18)8-9-14(2,3)16/h4-7,10H,8-9,16H2,1-3H3,(H,17,18). The van der Waals surface area contributed by atoms with Crippen LogP contribution >= 0.6 is 15.9 Å². The number of rotatable bonds is 5. The third kappa shape index (κ3) is 5.65. The largest absolute Gasteiger partial charge is 0.350 e. The first-order valence-electron chi connectivity index (χ1n) is 6.11. The van der Waals surface area contributed by atoms with Gasteiger partial charge in [0.1, 0.15) is 0 Å². The van der Waals surface area contributed by atoms with Crippen molar-refractivity contribution in [3.63, 3.8) is 0 Å². The Morgan fingerprint density at radius 2 is 1.94 bits per heavy atom. The van der Waals surface area contributed by atoms with Crippen LogP contribution in [-0.2, 0) is 4.79 Å². The van der Waals surface area contributed by atoms with Gasteiger partial charge in [-0.05, 0) is 44.9 Å². The molecule has 0 aromatic heterocycles. The molecule has 0 heterocycles. The summed E-state index contributed by atoms with van der Waals surface area (Å²) in [5.74, 6) is 0.0453. The lowest BCUT2D eigenvalue weighted by Gasteiger charge is -2.19. The number of nitrogens with one attached hydrogen (secondary N) is 1. The molecule has 0 spiro atoms. The summed E-state index contributed by atoms with van der Waals surface area (Å²) in [6, 6.07) is 7.97. The van der Waals surface area contributed by atoms with Gasteiger partial charge in [-0.25, -0.2) is 0 Å². The molecule has 1 amide bonds. The van der Waals surface area contributed by atoms with Crippen molar-refractivity contribution in [3.8, 4) is 0 Å². The number of amides is 1. The van der Waals surface area contributed by atoms with E-state index in [1.54, 1.807) is 0 Å². The van der Waals surface area contributed by atoms with E-state index in [-0.39, 0.29) is 17.5 Å². The Balaban J connectivity index is 2.47. The number of halogens is 1. The molecule has 1 rings (SSSR count). The molecule has 18 heavy (non-hydrogen) atoms. The van der Waals surface area contributed by atoms with Gasteiger partial charge in [-0.15, -0.1) is 0 Å². The summed E-state index contributed by atoms with van der Waals surface area (Å²) in [5.41, 5.74) is 6.66. The minimum absolute atomic E-state index is 0.0199. The second-order valence-electron chi connectivity index (χ2n) is 5.33. The minimum Gasteiger partial charge on any atom is -0.350 e. The SMILES string of the molecule is CC(NC(=O)CCC(C)(C)N)c1ccc(Br)cc1. The molecule has 1 unspecified atom stereocenters. The molecule has 1 atom stereocenters. The van der Waals surface area contributed by atoms with Gasteiger partial charge in [0, 0.05) is 16.4 Å². The van der Waals surface area contributed by atoms with E-state index in [1.165, 1.54) is 0 Å². The normalized spacial score (nSPS) is 13.2. The van der Waals surface area contributed by atoms with Crippen molar-refractivity contribution in [3.05, 3.63) is 34.3 Å². The molecule has 3 N–H and O–H groups in total. The van der Waals surface area contributed by atoms with Crippen molar-refractivity contribution in [2.75, 3.05) is 0 Å². The minimum atomic E-state index is -0.293. The highest BCUT2D eigenvalue weighted by atomic mass is 79.9. The highest BCUT2D eigenvalue weighted by Gasteiger charge is 2.15. The van der Waals surface area contributed by atoms with Gasteiger partial charge < -0.3 is 11.1 Å². The molecule has 0 bridgehead atoms. The first-order chi connectivity index (χ1) is 8.28. The zero-order valence-corrected chi connectivity index (χ0v) is 12.8. The van der Waals surface area contributed by atoms with Crippen LogP contribution in [-0.4, -0.2) is 11.4 Å². The quantitative estimate of drug-likeness (QED) is 0.877. The number of hydrogen-bond acceptors (Lipinski definition) is 2. The second kappa shape index (κ2) is 6.34. The molecule has 0 saturated heterocycles. The van der Waals surface area contributed by atoms with Gasteiger partial charge in [0.2, 0.25) is 5.91 Å². The highest BCUT2D eigenvalue weighted by Crippen LogP contribution is 2.17. The summed E-state index contributed by atoms with van der Waals surface area (Å²) in [7, 11) is 0. The maximum absolute atomic E-state index is 11.8. The molecule has 0 aliphatic carbocycles. The lowest BCUT2D eigenvalue weighted by atomic mass is 9.99. The molecule has 0 aliphatic rings. The van der Waals surface area contributed by atoms with Crippen LogP contribution in [0.1, 0.15) is 45.2 Å². The number of carbonyl (C=O) groups is 1. The lowest BCUT2D eigenvalue weighted by Crippen LogP contribution is -2.35. The van der Waals surface area contributed by atoms with Crippen LogP contribution in [0.4, 0.5) is 0 Å². The zero-order chi connectivity index (χ0) is 13.8. The van der Waals surface area contributed by atoms with Gasteiger partial charge in [-0.1, -0.05) is 28.1 Å². The lowest BCUT2D eigenvalue weighted by molar-refractivity contribution is -0.122. The zero-order valence-electron chi connectivity index (χ0n) is 11.2. The van der Waals surface area contributed by atoms with Crippen LogP contribution in [0.5, 0.6) is 0 Å². The van der Waals surface area contributed by atoms with Crippen LogP contribution < -0.4 is 11.1 Å². The van der Waals surface area contributed by atoms with Crippen LogP contribution in [0, 0.1) is 0 Å². The van der Waals surface area contributed by atoms with E-state index in [2.05, 4.69) is 21.2 Å². The second-order valence-corrected chi connectivity index (χ2v) is 6.25. The van der Waals surface area contributed by atoms with Gasteiger partial charge in [-0.3, -0.25) is 4.79 Å². The Labute approximate surface area is 117 Å². The van der Waals surface area contributed by atoms with E-state index < -0.39 is 0 Å². The molecule has 4 heteroatoms. The summed E-state index contributed by atoms with van der Waals surface area (Å²) >= 11 is 3.39. The average molecular weight is 313 g/mol. The summed E-state index contributed by atoms with van der Waals surface area (Å²) in [5, 5.41) is 2.98. The maximum atomic E-state index is 11.8. The molecular formula is C14H21BrN2O. The molecule has 1 aromatic carbocycles. The smallest absolute Gasteiger partial charge is 0.220 e. The van der Waals surface area contributed by atoms with Crippen LogP contribution in [0.2, 0.25) is 0 Å². The number of carbonyl (C=O) groups excluding carboxylic acids is 1. The Morgan fingerprint density at radius 3 is 2.44 bits per heavy atom. The Bertz CT molecular complexity index is 395. The molecule has 0 radical (unpaired) electrons. The van der Waals surface area contributed by atoms with E-state index in [0.29, 0.717) is 12.8 Å². The molecule has 1 aromatic rings. The Morgan fingerprint density at radius 1 is 1.39 bits per heavy atom. The van der Waals surface area contributed by atoms with Gasteiger partial charge in [0.05, 0.1) is 6.04 Å². The first-order valence-corrected chi connectivity index (χ1v) is 6.91. The van der Waals surface area contributed by atoms with Crippen molar-refractivity contribution in [2.24, 2.45) is 5.73 Å². The average Bonchev–Trinajstić information content (AvgIpc) is 2.26. The topological polar surface area (TPSA) is 55.1 Å². The fraction of sp³-hybridized carbons (Fsp3) is 0.500. The van der Waals surface area contributed by atoms with E-state index in [1.807, 2.05) is 45.0 Å². The molecular weight excluding hydrogens is 292 g/mol. The molecule has 0 aliphatic heterocycles. The number of hydrogen-bond donors (Lipinski definition) is 2. The third-order valence-electron chi connectivity index (χ3n) is 2.74. The summed E-state index contributed by atoms with van der Waals surface area (Å²) in [6.45, 7) is 5.84. The van der Waals surface area contributed by atoms with Crippen LogP contribution in [0.3, 0.4) is 0 Å². The van der Waals surface area contributed by atoms with Crippen molar-refractivity contribution < 1.29 is 4.79 Å². The molecule has 100 valence electrons. The van der Waals surface area contributed by atoms with E-state index in [0.717, 1.165) is 10.0 Å². The van der Waals surface area contributed by atoms with Crippen LogP contribution in [0.25, 0.3) is 0 Å². The van der Waals surface area contributed by atoms with Gasteiger partial charge >= 0.3 is 0 Å². The fourth-order valence-electron chi connectivity index (χ4n) is 1.58. The monoisotopic (exact) mass is 312 g/mol. The van der Waals surface area contributed by atoms with Gasteiger partial charge in [-0.2, -0.15) is 0 Å². The molecule has 0 fully saturated rings. The Kier molecular flexibility index (Phi) is 5.35. The van der Waals surface area contributed by atoms with Crippen molar-refractivity contribution in [1.29, 1.82) is 0 Å². The summed E-state index contributed by atoms with van der Waals surface area (Å²) in [4.78, 5) is 11.8. The highest BCUT2D eigenvalue weighted by molar-refractivity contribution is 9.10. The Hall–Kier alpha value is -0.870. The number of nitrogens with two attached hydrogens (primary N) is 1. The summed E-state index contributed by atoms with van der Waals surface area (Å²) in [6.07, 6.45) is 1.15. The third-order valence-corrected chi connectivity index (χ3v) is 3.27. The van der Waals surface area contributed by atoms with Gasteiger partial charge in [0.15, 0.2) is 0 Å². The van der Waals surface area contributed by atoms with Crippen molar-refractivity contribution in [1.82, 2.24) is 5.32 Å². The maximum Gasteiger partial charge on any atom is 0.220 e. The van der Waals surface area contributed by atoms with Gasteiger partial charge in [0.25, 0.3) is 0 Å². The predicted molar refractivity (Wildman–Crippen MR) is 78.2 cm³/mol. The van der Waals surface area contributed by atoms with E-state index in [4.69, 9.17) is 5.73 Å². The van der Waals surface area contributed by atoms with E-state index >= 15 is 0 Å². The van der Waals surface area contributed by atoms with Crippen molar-refractivity contribution >= 4 is 21.8 Å². The van der Waals surface area contributed by atoms with Crippen LogP contribution in [0.15, 0.2) is 28.7 Å². The predicted octanol–water partition coefficient (Wildman–Crippen LogP) is 3.14. The number of benzene rings is 1.